The summed E-state index contributed by atoms with van der Waals surface area (Å²) in [6.45, 7) is 1.86. The van der Waals surface area contributed by atoms with Gasteiger partial charge in [0.15, 0.2) is 5.65 Å². The molecular weight excluding hydrogens is 408 g/mol. The summed E-state index contributed by atoms with van der Waals surface area (Å²) in [7, 11) is 0. The molecule has 0 spiro atoms. The van der Waals surface area contributed by atoms with Gasteiger partial charge in [-0.15, -0.1) is 11.3 Å². The molecule has 6 rings (SSSR count). The zero-order valence-corrected chi connectivity index (χ0v) is 17.8. The Morgan fingerprint density at radius 1 is 1.13 bits per heavy atom. The highest BCUT2D eigenvalue weighted by Crippen LogP contribution is 2.31. The number of thiophene rings is 1. The molecule has 2 fully saturated rings. The Balaban J connectivity index is 1.37. The van der Waals surface area contributed by atoms with Gasteiger partial charge in [-0.3, -0.25) is 9.78 Å². The fourth-order valence-electron chi connectivity index (χ4n) is 4.78. The predicted molar refractivity (Wildman–Crippen MR) is 120 cm³/mol. The number of hydrogen-bond donors (Lipinski definition) is 1. The van der Waals surface area contributed by atoms with Gasteiger partial charge in [-0.2, -0.15) is 5.10 Å². The van der Waals surface area contributed by atoms with Crippen molar-refractivity contribution >= 4 is 22.9 Å². The SMILES string of the molecule is O=C(c1ccnc(-c2cnn3ccc(-c4cccs4)nc23)c1)N1[C@@H]2CCNC[C@H]1CC2. The largest absolute Gasteiger partial charge is 0.331 e. The monoisotopic (exact) mass is 430 g/mol. The lowest BCUT2D eigenvalue weighted by atomic mass is 10.1. The van der Waals surface area contributed by atoms with Gasteiger partial charge in [-0.1, -0.05) is 6.07 Å². The number of aromatic nitrogens is 4. The highest BCUT2D eigenvalue weighted by Gasteiger charge is 2.38. The second kappa shape index (κ2) is 7.55. The molecule has 8 heteroatoms. The van der Waals surface area contributed by atoms with Crippen molar-refractivity contribution in [1.29, 1.82) is 0 Å². The number of nitrogens with one attached hydrogen (secondary N) is 1. The normalized spacial score (nSPS) is 20.8. The maximum absolute atomic E-state index is 13.4. The molecule has 0 aromatic carbocycles. The molecule has 0 aliphatic carbocycles. The molecule has 2 aliphatic rings. The van der Waals surface area contributed by atoms with E-state index in [-0.39, 0.29) is 11.9 Å². The van der Waals surface area contributed by atoms with Gasteiger partial charge in [0.2, 0.25) is 0 Å². The topological polar surface area (TPSA) is 75.4 Å². The quantitative estimate of drug-likeness (QED) is 0.539. The third-order valence-corrected chi connectivity index (χ3v) is 7.21. The molecule has 2 saturated heterocycles. The molecule has 4 aromatic rings. The molecule has 156 valence electrons. The first-order valence-corrected chi connectivity index (χ1v) is 11.5. The van der Waals surface area contributed by atoms with E-state index in [1.165, 1.54) is 0 Å². The number of fused-ring (bicyclic) bond motifs is 3. The average molecular weight is 431 g/mol. The lowest BCUT2D eigenvalue weighted by Crippen LogP contribution is -2.42. The molecule has 1 amide bonds. The van der Waals surface area contributed by atoms with Gasteiger partial charge in [0.05, 0.1) is 28.0 Å². The molecule has 2 aliphatic heterocycles. The number of rotatable bonds is 3. The van der Waals surface area contributed by atoms with E-state index in [0.717, 1.165) is 59.8 Å². The van der Waals surface area contributed by atoms with Gasteiger partial charge in [0, 0.05) is 36.6 Å². The first-order valence-electron chi connectivity index (χ1n) is 10.7. The summed E-state index contributed by atoms with van der Waals surface area (Å²) in [5.41, 5.74) is 3.87. The molecule has 31 heavy (non-hydrogen) atoms. The molecule has 0 radical (unpaired) electrons. The fourth-order valence-corrected chi connectivity index (χ4v) is 5.48. The summed E-state index contributed by atoms with van der Waals surface area (Å²) in [4.78, 5) is 26.0. The molecule has 4 aromatic heterocycles. The maximum Gasteiger partial charge on any atom is 0.254 e. The van der Waals surface area contributed by atoms with Crippen molar-refractivity contribution in [1.82, 2.24) is 29.8 Å². The van der Waals surface area contributed by atoms with Crippen molar-refractivity contribution in [2.24, 2.45) is 0 Å². The van der Waals surface area contributed by atoms with Crippen LogP contribution in [0.2, 0.25) is 0 Å². The molecule has 0 saturated carbocycles. The fraction of sp³-hybridized carbons (Fsp3) is 0.304. The van der Waals surface area contributed by atoms with Crippen LogP contribution in [0, 0.1) is 0 Å². The zero-order chi connectivity index (χ0) is 20.8. The van der Waals surface area contributed by atoms with Crippen LogP contribution in [0.3, 0.4) is 0 Å². The van der Waals surface area contributed by atoms with E-state index in [4.69, 9.17) is 4.98 Å². The number of nitrogens with zero attached hydrogens (tertiary/aromatic N) is 5. The second-order valence-corrected chi connectivity index (χ2v) is 9.08. The van der Waals surface area contributed by atoms with Crippen molar-refractivity contribution in [2.75, 3.05) is 13.1 Å². The summed E-state index contributed by atoms with van der Waals surface area (Å²) in [6, 6.07) is 10.4. The van der Waals surface area contributed by atoms with E-state index in [2.05, 4.69) is 26.4 Å². The Morgan fingerprint density at radius 2 is 2.06 bits per heavy atom. The van der Waals surface area contributed by atoms with E-state index in [9.17, 15) is 4.79 Å². The van der Waals surface area contributed by atoms with Crippen molar-refractivity contribution in [3.05, 3.63) is 59.9 Å². The van der Waals surface area contributed by atoms with Crippen LogP contribution >= 0.6 is 11.3 Å². The van der Waals surface area contributed by atoms with E-state index in [1.807, 2.05) is 35.8 Å². The first-order chi connectivity index (χ1) is 15.3. The van der Waals surface area contributed by atoms with Gasteiger partial charge in [0.25, 0.3) is 5.91 Å². The molecule has 7 nitrogen and oxygen atoms in total. The van der Waals surface area contributed by atoms with Crippen molar-refractivity contribution in [2.45, 2.75) is 31.3 Å². The van der Waals surface area contributed by atoms with Crippen LogP contribution in [-0.4, -0.2) is 55.6 Å². The second-order valence-electron chi connectivity index (χ2n) is 8.14. The van der Waals surface area contributed by atoms with E-state index in [0.29, 0.717) is 11.6 Å². The Morgan fingerprint density at radius 3 is 2.97 bits per heavy atom. The van der Waals surface area contributed by atoms with Crippen molar-refractivity contribution in [3.63, 3.8) is 0 Å². The Hall–Kier alpha value is -3.10. The maximum atomic E-state index is 13.4. The standard InChI is InChI=1S/C23H22N6OS/c30-23(29-16-3-4-17(29)13-24-8-6-16)15-5-9-25-20(12-15)18-14-26-28-10-7-19(27-22(18)28)21-2-1-11-31-21/h1-2,5,7,9-12,14,16-17,24H,3-4,6,8,13H2/t16-,17+/m0/s1. The third kappa shape index (κ3) is 3.23. The van der Waals surface area contributed by atoms with Gasteiger partial charge in [0.1, 0.15) is 0 Å². The summed E-state index contributed by atoms with van der Waals surface area (Å²) in [6.07, 6.45) is 8.59. The van der Waals surface area contributed by atoms with Gasteiger partial charge in [-0.25, -0.2) is 9.50 Å². The Bertz CT molecular complexity index is 1240. The highest BCUT2D eigenvalue weighted by atomic mass is 32.1. The number of hydrogen-bond acceptors (Lipinski definition) is 6. The van der Waals surface area contributed by atoms with Crippen LogP contribution in [0.15, 0.2) is 54.3 Å². The molecule has 1 N–H and O–H groups in total. The molecular formula is C23H22N6OS. The summed E-state index contributed by atoms with van der Waals surface area (Å²) >= 11 is 1.66. The third-order valence-electron chi connectivity index (χ3n) is 6.31. The first kappa shape index (κ1) is 18.7. The minimum Gasteiger partial charge on any atom is -0.331 e. The van der Waals surface area contributed by atoms with Gasteiger partial charge >= 0.3 is 0 Å². The van der Waals surface area contributed by atoms with Crippen LogP contribution < -0.4 is 5.32 Å². The smallest absolute Gasteiger partial charge is 0.254 e. The molecule has 0 unspecified atom stereocenters. The number of carbonyl (C=O) groups excluding carboxylic acids is 1. The highest BCUT2D eigenvalue weighted by molar-refractivity contribution is 7.13. The Kier molecular flexibility index (Phi) is 4.54. The van der Waals surface area contributed by atoms with Crippen LogP contribution in [0.25, 0.3) is 27.5 Å². The van der Waals surface area contributed by atoms with Crippen LogP contribution in [0.4, 0.5) is 0 Å². The van der Waals surface area contributed by atoms with Gasteiger partial charge < -0.3 is 10.2 Å². The summed E-state index contributed by atoms with van der Waals surface area (Å²) < 4.78 is 1.75. The molecule has 2 atom stereocenters. The van der Waals surface area contributed by atoms with Gasteiger partial charge in [-0.05, 0) is 55.5 Å². The predicted octanol–water partition coefficient (Wildman–Crippen LogP) is 3.49. The molecule has 6 heterocycles. The van der Waals surface area contributed by atoms with Crippen LogP contribution in [0.1, 0.15) is 29.6 Å². The number of amides is 1. The van der Waals surface area contributed by atoms with Crippen LogP contribution in [-0.2, 0) is 0 Å². The minimum atomic E-state index is 0.101. The van der Waals surface area contributed by atoms with Crippen molar-refractivity contribution in [3.8, 4) is 21.8 Å². The number of carbonyl (C=O) groups is 1. The molecule has 2 bridgehead atoms. The van der Waals surface area contributed by atoms with E-state index >= 15 is 0 Å². The van der Waals surface area contributed by atoms with E-state index < -0.39 is 0 Å². The number of pyridine rings is 1. The lowest BCUT2D eigenvalue weighted by molar-refractivity contribution is 0.0680. The lowest BCUT2D eigenvalue weighted by Gasteiger charge is -2.28. The minimum absolute atomic E-state index is 0.101. The summed E-state index contributed by atoms with van der Waals surface area (Å²) in [5, 5.41) is 9.95. The average Bonchev–Trinajstić information content (AvgIpc) is 3.51. The van der Waals surface area contributed by atoms with Crippen molar-refractivity contribution < 1.29 is 4.79 Å². The van der Waals surface area contributed by atoms with Crippen LogP contribution in [0.5, 0.6) is 0 Å². The summed E-state index contributed by atoms with van der Waals surface area (Å²) in [5.74, 6) is 0.101. The zero-order valence-electron chi connectivity index (χ0n) is 16.9. The van der Waals surface area contributed by atoms with E-state index in [1.54, 1.807) is 28.2 Å². The Labute approximate surface area is 183 Å².